The van der Waals surface area contributed by atoms with E-state index < -0.39 is 23.3 Å². The minimum Gasteiger partial charge on any atom is -0.462 e. The molecule has 120 valence electrons. The third-order valence-corrected chi connectivity index (χ3v) is 4.35. The van der Waals surface area contributed by atoms with Crippen molar-refractivity contribution in [3.05, 3.63) is 66.9 Å². The van der Waals surface area contributed by atoms with Crippen LogP contribution < -0.4 is 11.2 Å². The molecule has 23 heavy (non-hydrogen) atoms. The minimum atomic E-state index is -0.744. The first-order chi connectivity index (χ1) is 11.0. The molecule has 0 bridgehead atoms. The first-order valence-electron chi connectivity index (χ1n) is 7.33. The van der Waals surface area contributed by atoms with Crippen LogP contribution in [0.3, 0.4) is 0 Å². The summed E-state index contributed by atoms with van der Waals surface area (Å²) < 4.78 is 5.94. The zero-order valence-electron chi connectivity index (χ0n) is 12.5. The third kappa shape index (κ3) is 2.59. The minimum absolute atomic E-state index is 0.152. The smallest absolute Gasteiger partial charge is 0.345 e. The number of nitrogens with one attached hydrogen (secondary N) is 1. The number of H-pyrrole nitrogens is 1. The SMILES string of the molecule is CCOC(=O)c1c[nH]c(=O)n(C2CCc3c(Cl)cccc32)c1=O. The van der Waals surface area contributed by atoms with Gasteiger partial charge < -0.3 is 9.72 Å². The van der Waals surface area contributed by atoms with Crippen LogP contribution in [-0.2, 0) is 11.2 Å². The Morgan fingerprint density at radius 1 is 1.43 bits per heavy atom. The van der Waals surface area contributed by atoms with Crippen molar-refractivity contribution in [1.29, 1.82) is 0 Å². The summed E-state index contributed by atoms with van der Waals surface area (Å²) in [7, 11) is 0. The summed E-state index contributed by atoms with van der Waals surface area (Å²) >= 11 is 6.18. The Bertz CT molecular complexity index is 884. The van der Waals surface area contributed by atoms with Crippen LogP contribution in [0, 0.1) is 0 Å². The number of carbonyl (C=O) groups is 1. The van der Waals surface area contributed by atoms with Crippen molar-refractivity contribution in [2.24, 2.45) is 0 Å². The Labute approximate surface area is 136 Å². The van der Waals surface area contributed by atoms with Gasteiger partial charge in [0.1, 0.15) is 5.56 Å². The zero-order valence-corrected chi connectivity index (χ0v) is 13.2. The molecule has 0 aliphatic heterocycles. The summed E-state index contributed by atoms with van der Waals surface area (Å²) in [6.45, 7) is 1.80. The predicted molar refractivity (Wildman–Crippen MR) is 85.2 cm³/mol. The fourth-order valence-corrected chi connectivity index (χ4v) is 3.26. The summed E-state index contributed by atoms with van der Waals surface area (Å²) in [5, 5.41) is 0.621. The molecule has 1 aromatic heterocycles. The van der Waals surface area contributed by atoms with E-state index in [4.69, 9.17) is 16.3 Å². The number of hydrogen-bond donors (Lipinski definition) is 1. The zero-order chi connectivity index (χ0) is 16.6. The van der Waals surface area contributed by atoms with Gasteiger partial charge in [-0.05, 0) is 37.0 Å². The van der Waals surface area contributed by atoms with Gasteiger partial charge in [-0.3, -0.25) is 9.36 Å². The quantitative estimate of drug-likeness (QED) is 0.869. The van der Waals surface area contributed by atoms with Gasteiger partial charge in [0.05, 0.1) is 12.6 Å². The fraction of sp³-hybridized carbons (Fsp3) is 0.312. The van der Waals surface area contributed by atoms with E-state index >= 15 is 0 Å². The number of fused-ring (bicyclic) bond motifs is 1. The molecular weight excluding hydrogens is 320 g/mol. The molecule has 0 saturated heterocycles. The van der Waals surface area contributed by atoms with Gasteiger partial charge >= 0.3 is 11.7 Å². The molecule has 0 saturated carbocycles. The van der Waals surface area contributed by atoms with Crippen LogP contribution in [0.4, 0.5) is 0 Å². The highest BCUT2D eigenvalue weighted by atomic mass is 35.5. The highest BCUT2D eigenvalue weighted by Gasteiger charge is 2.29. The summed E-state index contributed by atoms with van der Waals surface area (Å²) in [6, 6.07) is 4.98. The van der Waals surface area contributed by atoms with Gasteiger partial charge in [-0.1, -0.05) is 23.7 Å². The second-order valence-electron chi connectivity index (χ2n) is 5.27. The maximum absolute atomic E-state index is 12.6. The molecule has 1 aromatic carbocycles. The molecule has 1 unspecified atom stereocenters. The number of nitrogens with zero attached hydrogens (tertiary/aromatic N) is 1. The van der Waals surface area contributed by atoms with Gasteiger partial charge in [0.25, 0.3) is 5.56 Å². The average molecular weight is 335 g/mol. The molecule has 3 rings (SSSR count). The van der Waals surface area contributed by atoms with Crippen LogP contribution >= 0.6 is 11.6 Å². The van der Waals surface area contributed by atoms with Crippen LogP contribution in [0.25, 0.3) is 0 Å². The van der Waals surface area contributed by atoms with Crippen molar-refractivity contribution in [2.45, 2.75) is 25.8 Å². The maximum Gasteiger partial charge on any atom is 0.345 e. The van der Waals surface area contributed by atoms with Crippen LogP contribution in [0.1, 0.15) is 40.9 Å². The van der Waals surface area contributed by atoms with Gasteiger partial charge in [-0.2, -0.15) is 0 Å². The average Bonchev–Trinajstić information content (AvgIpc) is 2.93. The van der Waals surface area contributed by atoms with Crippen molar-refractivity contribution in [3.63, 3.8) is 0 Å². The molecule has 1 heterocycles. The van der Waals surface area contributed by atoms with Gasteiger partial charge in [-0.15, -0.1) is 0 Å². The van der Waals surface area contributed by atoms with Gasteiger partial charge in [0, 0.05) is 11.2 Å². The Balaban J connectivity index is 2.14. The maximum atomic E-state index is 12.6. The summed E-state index contributed by atoms with van der Waals surface area (Å²) in [6.07, 6.45) is 2.36. The van der Waals surface area contributed by atoms with E-state index in [-0.39, 0.29) is 12.2 Å². The second kappa shape index (κ2) is 6.04. The van der Waals surface area contributed by atoms with E-state index in [0.717, 1.165) is 21.9 Å². The molecular formula is C16H15ClN2O4. The molecule has 0 spiro atoms. The number of hydrogen-bond acceptors (Lipinski definition) is 4. The standard InChI is InChI=1S/C16H15ClN2O4/c1-2-23-15(21)11-8-18-16(22)19(14(11)20)13-7-6-9-10(13)4-3-5-12(9)17/h3-5,8,13H,2,6-7H2,1H3,(H,18,22). The number of benzene rings is 1. The highest BCUT2D eigenvalue weighted by Crippen LogP contribution is 2.36. The molecule has 2 aromatic rings. The summed E-state index contributed by atoms with van der Waals surface area (Å²) in [4.78, 5) is 39.1. The number of carbonyl (C=O) groups excluding carboxylic acids is 1. The lowest BCUT2D eigenvalue weighted by atomic mass is 10.1. The molecule has 7 heteroatoms. The fourth-order valence-electron chi connectivity index (χ4n) is 2.98. The monoisotopic (exact) mass is 334 g/mol. The van der Waals surface area contributed by atoms with Crippen molar-refractivity contribution < 1.29 is 9.53 Å². The number of ether oxygens (including phenoxy) is 1. The number of rotatable bonds is 3. The second-order valence-corrected chi connectivity index (χ2v) is 5.67. The van der Waals surface area contributed by atoms with Crippen molar-refractivity contribution in [2.75, 3.05) is 6.61 Å². The van der Waals surface area contributed by atoms with E-state index in [1.807, 2.05) is 6.07 Å². The van der Waals surface area contributed by atoms with Gasteiger partial charge in [-0.25, -0.2) is 9.59 Å². The number of esters is 1. The first kappa shape index (κ1) is 15.6. The van der Waals surface area contributed by atoms with Gasteiger partial charge in [0.15, 0.2) is 0 Å². The van der Waals surface area contributed by atoms with E-state index in [0.29, 0.717) is 17.9 Å². The first-order valence-corrected chi connectivity index (χ1v) is 7.71. The molecule has 0 amide bonds. The lowest BCUT2D eigenvalue weighted by Crippen LogP contribution is -2.40. The molecule has 0 fully saturated rings. The molecule has 1 aliphatic carbocycles. The largest absolute Gasteiger partial charge is 0.462 e. The lowest BCUT2D eigenvalue weighted by Gasteiger charge is -2.15. The highest BCUT2D eigenvalue weighted by molar-refractivity contribution is 6.31. The topological polar surface area (TPSA) is 81.2 Å². The molecule has 6 nitrogen and oxygen atoms in total. The Morgan fingerprint density at radius 2 is 2.22 bits per heavy atom. The number of halogens is 1. The Morgan fingerprint density at radius 3 is 2.96 bits per heavy atom. The molecule has 1 atom stereocenters. The van der Waals surface area contributed by atoms with Crippen LogP contribution in [0.15, 0.2) is 34.0 Å². The Kier molecular flexibility index (Phi) is 4.09. The van der Waals surface area contributed by atoms with Crippen LogP contribution in [0.2, 0.25) is 5.02 Å². The molecule has 0 radical (unpaired) electrons. The summed E-state index contributed by atoms with van der Waals surface area (Å²) in [5.74, 6) is -0.744. The normalized spacial score (nSPS) is 16.2. The molecule has 1 aliphatic rings. The summed E-state index contributed by atoms with van der Waals surface area (Å²) in [5.41, 5.74) is 0.394. The number of aromatic amines is 1. The van der Waals surface area contributed by atoms with E-state index in [2.05, 4.69) is 4.98 Å². The van der Waals surface area contributed by atoms with Crippen molar-refractivity contribution >= 4 is 17.6 Å². The van der Waals surface area contributed by atoms with E-state index in [9.17, 15) is 14.4 Å². The van der Waals surface area contributed by atoms with Gasteiger partial charge in [0.2, 0.25) is 0 Å². The Hall–Kier alpha value is -2.34. The van der Waals surface area contributed by atoms with Crippen molar-refractivity contribution in [1.82, 2.24) is 9.55 Å². The van der Waals surface area contributed by atoms with E-state index in [1.165, 1.54) is 0 Å². The molecule has 1 N–H and O–H groups in total. The lowest BCUT2D eigenvalue weighted by molar-refractivity contribution is 0.0522. The third-order valence-electron chi connectivity index (χ3n) is 4.00. The van der Waals surface area contributed by atoms with Crippen molar-refractivity contribution in [3.8, 4) is 0 Å². The van der Waals surface area contributed by atoms with Crippen LogP contribution in [-0.4, -0.2) is 22.1 Å². The van der Waals surface area contributed by atoms with Crippen LogP contribution in [0.5, 0.6) is 0 Å². The predicted octanol–water partition coefficient (Wildman–Crippen LogP) is 1.90. The number of aromatic nitrogens is 2. The van der Waals surface area contributed by atoms with E-state index in [1.54, 1.807) is 19.1 Å².